The van der Waals surface area contributed by atoms with E-state index in [1.807, 2.05) is 68.4 Å². The maximum atomic E-state index is 12.9. The van der Waals surface area contributed by atoms with Crippen LogP contribution in [-0.4, -0.2) is 12.5 Å². The Kier molecular flexibility index (Phi) is 7.57. The van der Waals surface area contributed by atoms with Gasteiger partial charge in [-0.25, -0.2) is 0 Å². The minimum Gasteiger partial charge on any atom is -0.493 e. The van der Waals surface area contributed by atoms with Gasteiger partial charge in [0.05, 0.1) is 12.6 Å². The lowest BCUT2D eigenvalue weighted by molar-refractivity contribution is 0.0939. The van der Waals surface area contributed by atoms with Crippen LogP contribution in [0.15, 0.2) is 72.8 Å². The summed E-state index contributed by atoms with van der Waals surface area (Å²) < 4.78 is 11.8. The summed E-state index contributed by atoms with van der Waals surface area (Å²) in [7, 11) is 0. The number of nitrogens with one attached hydrogen (secondary N) is 1. The molecule has 4 heteroatoms. The van der Waals surface area contributed by atoms with Crippen molar-refractivity contribution in [3.63, 3.8) is 0 Å². The summed E-state index contributed by atoms with van der Waals surface area (Å²) in [5.74, 6) is 1.39. The smallest absolute Gasteiger partial charge is 0.251 e. The molecular weight excluding hydrogens is 398 g/mol. The largest absolute Gasteiger partial charge is 0.493 e. The van der Waals surface area contributed by atoms with Gasteiger partial charge in [0.2, 0.25) is 0 Å². The van der Waals surface area contributed by atoms with Crippen molar-refractivity contribution in [2.45, 2.75) is 52.7 Å². The molecule has 4 nitrogen and oxygen atoms in total. The molecule has 0 saturated heterocycles. The monoisotopic (exact) mass is 431 g/mol. The molecule has 168 valence electrons. The summed E-state index contributed by atoms with van der Waals surface area (Å²) >= 11 is 0. The topological polar surface area (TPSA) is 47.6 Å². The van der Waals surface area contributed by atoms with Crippen molar-refractivity contribution >= 4 is 5.91 Å². The number of rotatable bonds is 8. The van der Waals surface area contributed by atoms with Gasteiger partial charge < -0.3 is 14.8 Å². The van der Waals surface area contributed by atoms with Crippen molar-refractivity contribution in [1.82, 2.24) is 5.32 Å². The third-order valence-corrected chi connectivity index (χ3v) is 5.38. The molecule has 0 aliphatic heterocycles. The molecule has 0 radical (unpaired) electrons. The molecule has 0 saturated carbocycles. The van der Waals surface area contributed by atoms with E-state index in [4.69, 9.17) is 9.47 Å². The van der Waals surface area contributed by atoms with Gasteiger partial charge in [0.1, 0.15) is 18.1 Å². The second kappa shape index (κ2) is 10.4. The fourth-order valence-electron chi connectivity index (χ4n) is 3.45. The Morgan fingerprint density at radius 3 is 2.25 bits per heavy atom. The third-order valence-electron chi connectivity index (χ3n) is 5.38. The van der Waals surface area contributed by atoms with Gasteiger partial charge in [-0.15, -0.1) is 0 Å². The molecule has 1 amide bonds. The number of ether oxygens (including phenoxy) is 2. The number of benzene rings is 3. The molecule has 3 aromatic rings. The molecule has 0 heterocycles. The molecule has 0 bridgehead atoms. The van der Waals surface area contributed by atoms with Crippen LogP contribution in [-0.2, 0) is 12.0 Å². The molecular formula is C28H33NO3. The zero-order chi connectivity index (χ0) is 23.1. The lowest BCUT2D eigenvalue weighted by Crippen LogP contribution is -2.26. The Hall–Kier alpha value is -3.27. The number of hydrogen-bond donors (Lipinski definition) is 1. The van der Waals surface area contributed by atoms with E-state index in [-0.39, 0.29) is 17.4 Å². The molecule has 0 aliphatic rings. The van der Waals surface area contributed by atoms with Crippen LogP contribution in [0.5, 0.6) is 11.5 Å². The quantitative estimate of drug-likeness (QED) is 0.446. The number of amides is 1. The highest BCUT2D eigenvalue weighted by molar-refractivity contribution is 5.94. The van der Waals surface area contributed by atoms with Gasteiger partial charge in [-0.1, -0.05) is 63.2 Å². The molecule has 0 fully saturated rings. The summed E-state index contributed by atoms with van der Waals surface area (Å²) in [5.41, 5.74) is 3.84. The van der Waals surface area contributed by atoms with E-state index in [1.165, 1.54) is 5.56 Å². The van der Waals surface area contributed by atoms with Crippen molar-refractivity contribution in [3.05, 3.63) is 95.1 Å². The molecule has 32 heavy (non-hydrogen) atoms. The molecule has 0 spiro atoms. The summed E-state index contributed by atoms with van der Waals surface area (Å²) in [6.07, 6.45) is 0. The van der Waals surface area contributed by atoms with Crippen molar-refractivity contribution in [2.75, 3.05) is 6.61 Å². The lowest BCUT2D eigenvalue weighted by atomic mass is 9.87. The first-order valence-corrected chi connectivity index (χ1v) is 11.1. The highest BCUT2D eigenvalue weighted by Crippen LogP contribution is 2.26. The number of carbonyl (C=O) groups is 1. The highest BCUT2D eigenvalue weighted by atomic mass is 16.5. The van der Waals surface area contributed by atoms with Crippen LogP contribution in [0, 0.1) is 0 Å². The predicted octanol–water partition coefficient (Wildman–Crippen LogP) is 6.45. The van der Waals surface area contributed by atoms with Crippen LogP contribution in [0.2, 0.25) is 0 Å². The first-order chi connectivity index (χ1) is 15.3. The van der Waals surface area contributed by atoms with Gasteiger partial charge >= 0.3 is 0 Å². The molecule has 1 atom stereocenters. The Bertz CT molecular complexity index is 1020. The van der Waals surface area contributed by atoms with Gasteiger partial charge in [-0.2, -0.15) is 0 Å². The summed E-state index contributed by atoms with van der Waals surface area (Å²) in [6, 6.07) is 23.5. The average Bonchev–Trinajstić information content (AvgIpc) is 2.78. The van der Waals surface area contributed by atoms with Crippen LogP contribution in [0.4, 0.5) is 0 Å². The standard InChI is InChI=1S/C28H33NO3/c1-6-31-26-17-12-22(27(30)29-20(2)21-10-8-7-9-11-21)18-23(26)19-32-25-15-13-24(14-16-25)28(3,4)5/h7-18,20H,6,19H2,1-5H3,(H,29,30)/t20-/m1/s1. The zero-order valence-electron chi connectivity index (χ0n) is 19.6. The minimum atomic E-state index is -0.125. The van der Waals surface area contributed by atoms with Crippen LogP contribution >= 0.6 is 0 Å². The van der Waals surface area contributed by atoms with E-state index >= 15 is 0 Å². The molecule has 3 aromatic carbocycles. The maximum Gasteiger partial charge on any atom is 0.251 e. The van der Waals surface area contributed by atoms with Crippen LogP contribution in [0.25, 0.3) is 0 Å². The predicted molar refractivity (Wildman–Crippen MR) is 129 cm³/mol. The Morgan fingerprint density at radius 2 is 1.62 bits per heavy atom. The second-order valence-electron chi connectivity index (χ2n) is 8.92. The van der Waals surface area contributed by atoms with E-state index in [1.54, 1.807) is 6.07 Å². The SMILES string of the molecule is CCOc1ccc(C(=O)N[C@H](C)c2ccccc2)cc1COc1ccc(C(C)(C)C)cc1. The first-order valence-electron chi connectivity index (χ1n) is 11.1. The normalized spacial score (nSPS) is 12.2. The van der Waals surface area contributed by atoms with E-state index in [0.29, 0.717) is 18.8 Å². The Labute approximate surface area is 191 Å². The number of carbonyl (C=O) groups excluding carboxylic acids is 1. The van der Waals surface area contributed by atoms with Gasteiger partial charge in [0.15, 0.2) is 0 Å². The van der Waals surface area contributed by atoms with E-state index in [0.717, 1.165) is 22.6 Å². The van der Waals surface area contributed by atoms with Gasteiger partial charge in [-0.05, 0) is 60.7 Å². The van der Waals surface area contributed by atoms with E-state index in [2.05, 4.69) is 38.2 Å². The minimum absolute atomic E-state index is 0.0868. The van der Waals surface area contributed by atoms with Crippen molar-refractivity contribution < 1.29 is 14.3 Å². The molecule has 0 unspecified atom stereocenters. The van der Waals surface area contributed by atoms with Crippen LogP contribution in [0.1, 0.15) is 67.7 Å². The fraction of sp³-hybridized carbons (Fsp3) is 0.321. The van der Waals surface area contributed by atoms with Crippen LogP contribution < -0.4 is 14.8 Å². The van der Waals surface area contributed by atoms with E-state index < -0.39 is 0 Å². The van der Waals surface area contributed by atoms with Gasteiger partial charge in [-0.3, -0.25) is 4.79 Å². The zero-order valence-corrected chi connectivity index (χ0v) is 19.6. The second-order valence-corrected chi connectivity index (χ2v) is 8.92. The Balaban J connectivity index is 1.73. The van der Waals surface area contributed by atoms with Crippen LogP contribution in [0.3, 0.4) is 0 Å². The third kappa shape index (κ3) is 6.13. The lowest BCUT2D eigenvalue weighted by Gasteiger charge is -2.19. The summed E-state index contributed by atoms with van der Waals surface area (Å²) in [6.45, 7) is 11.3. The average molecular weight is 432 g/mol. The summed E-state index contributed by atoms with van der Waals surface area (Å²) in [4.78, 5) is 12.9. The molecule has 3 rings (SSSR count). The van der Waals surface area contributed by atoms with Crippen molar-refractivity contribution in [3.8, 4) is 11.5 Å². The molecule has 0 aliphatic carbocycles. The van der Waals surface area contributed by atoms with Gasteiger partial charge in [0.25, 0.3) is 5.91 Å². The fourth-order valence-corrected chi connectivity index (χ4v) is 3.45. The Morgan fingerprint density at radius 1 is 0.938 bits per heavy atom. The maximum absolute atomic E-state index is 12.9. The highest BCUT2D eigenvalue weighted by Gasteiger charge is 2.15. The molecule has 1 N–H and O–H groups in total. The van der Waals surface area contributed by atoms with E-state index in [9.17, 15) is 4.79 Å². The first kappa shape index (κ1) is 23.4. The van der Waals surface area contributed by atoms with Crippen molar-refractivity contribution in [2.24, 2.45) is 0 Å². The number of hydrogen-bond acceptors (Lipinski definition) is 3. The van der Waals surface area contributed by atoms with Crippen molar-refractivity contribution in [1.29, 1.82) is 0 Å². The molecule has 0 aromatic heterocycles. The van der Waals surface area contributed by atoms with Gasteiger partial charge in [0, 0.05) is 11.1 Å². The summed E-state index contributed by atoms with van der Waals surface area (Å²) in [5, 5.41) is 3.06.